The van der Waals surface area contributed by atoms with Crippen LogP contribution in [0.4, 0.5) is 0 Å². The molecule has 1 aromatic heterocycles. The second kappa shape index (κ2) is 11.3. The summed E-state index contributed by atoms with van der Waals surface area (Å²) in [7, 11) is 1.84. The molecular weight excluding hydrogens is 537 g/mol. The van der Waals surface area contributed by atoms with Gasteiger partial charge in [0.2, 0.25) is 0 Å². The first-order valence-electron chi connectivity index (χ1n) is 12.0. The minimum atomic E-state index is -0.0347. The summed E-state index contributed by atoms with van der Waals surface area (Å²) in [6.45, 7) is 1.60. The third kappa shape index (κ3) is 5.56. The molecule has 5 rings (SSSR count). The third-order valence-electron chi connectivity index (χ3n) is 6.88. The van der Waals surface area contributed by atoms with Gasteiger partial charge in [-0.25, -0.2) is 4.98 Å². The number of nitrogens with zero attached hydrogens (tertiary/aromatic N) is 3. The second-order valence-corrected chi connectivity index (χ2v) is 9.14. The van der Waals surface area contributed by atoms with Crippen LogP contribution in [0.25, 0.3) is 0 Å². The first kappa shape index (κ1) is 24.6. The summed E-state index contributed by atoms with van der Waals surface area (Å²) >= 11 is 0. The molecular formula is C27H34IN5O. The zero-order chi connectivity index (χ0) is 22.5. The number of fused-ring (bicyclic) bond motifs is 1. The topological polar surface area (TPSA) is 63.5 Å². The lowest BCUT2D eigenvalue weighted by atomic mass is 9.86. The molecule has 7 heteroatoms. The number of para-hydroxylation sites is 1. The van der Waals surface area contributed by atoms with Gasteiger partial charge in [0.05, 0.1) is 6.04 Å². The summed E-state index contributed by atoms with van der Waals surface area (Å²) in [4.78, 5) is 9.08. The molecule has 180 valence electrons. The predicted octanol–water partition coefficient (Wildman–Crippen LogP) is 5.09. The van der Waals surface area contributed by atoms with E-state index >= 15 is 0 Å². The first-order chi connectivity index (χ1) is 16.2. The van der Waals surface area contributed by atoms with Crippen molar-refractivity contribution >= 4 is 29.9 Å². The lowest BCUT2D eigenvalue weighted by molar-refractivity contribution is 0.0396. The lowest BCUT2D eigenvalue weighted by Gasteiger charge is -2.40. The Bertz CT molecular complexity index is 1090. The number of aromatic nitrogens is 2. The first-order valence-corrected chi connectivity index (χ1v) is 12.0. The quantitative estimate of drug-likeness (QED) is 0.246. The molecule has 2 heterocycles. The van der Waals surface area contributed by atoms with Gasteiger partial charge in [0.1, 0.15) is 17.2 Å². The van der Waals surface area contributed by atoms with E-state index in [1.165, 1.54) is 24.0 Å². The summed E-state index contributed by atoms with van der Waals surface area (Å²) in [6, 6.07) is 19.1. The van der Waals surface area contributed by atoms with Gasteiger partial charge in [0.15, 0.2) is 5.96 Å². The fourth-order valence-corrected chi connectivity index (χ4v) is 5.22. The number of imidazole rings is 1. The second-order valence-electron chi connectivity index (χ2n) is 9.14. The Kier molecular flexibility index (Phi) is 8.13. The molecule has 1 aliphatic heterocycles. The van der Waals surface area contributed by atoms with Crippen LogP contribution in [-0.4, -0.2) is 34.7 Å². The third-order valence-corrected chi connectivity index (χ3v) is 6.88. The Balaban J connectivity index is 0.00000274. The molecule has 2 N–H and O–H groups in total. The van der Waals surface area contributed by atoms with Crippen molar-refractivity contribution in [3.05, 3.63) is 83.9 Å². The van der Waals surface area contributed by atoms with Gasteiger partial charge in [-0.3, -0.25) is 4.99 Å². The van der Waals surface area contributed by atoms with Gasteiger partial charge in [0.25, 0.3) is 0 Å². The maximum Gasteiger partial charge on any atom is 0.191 e. The maximum absolute atomic E-state index is 6.51. The molecule has 0 saturated heterocycles. The fourth-order valence-electron chi connectivity index (χ4n) is 5.22. The van der Waals surface area contributed by atoms with E-state index in [2.05, 4.69) is 79.9 Å². The van der Waals surface area contributed by atoms with E-state index in [1.54, 1.807) is 0 Å². The number of hydrogen-bond donors (Lipinski definition) is 2. The van der Waals surface area contributed by atoms with Gasteiger partial charge in [-0.1, -0.05) is 48.5 Å². The molecule has 1 fully saturated rings. The van der Waals surface area contributed by atoms with E-state index in [4.69, 9.17) is 4.74 Å². The molecule has 0 radical (unpaired) electrons. The van der Waals surface area contributed by atoms with Gasteiger partial charge in [-0.15, -0.1) is 24.0 Å². The van der Waals surface area contributed by atoms with E-state index in [1.807, 2.05) is 19.3 Å². The van der Waals surface area contributed by atoms with Crippen molar-refractivity contribution in [2.75, 3.05) is 13.6 Å². The van der Waals surface area contributed by atoms with Crippen LogP contribution < -0.4 is 15.4 Å². The summed E-state index contributed by atoms with van der Waals surface area (Å²) in [5, 5.41) is 7.18. The van der Waals surface area contributed by atoms with Crippen LogP contribution in [-0.2, 0) is 13.0 Å². The Labute approximate surface area is 219 Å². The van der Waals surface area contributed by atoms with Gasteiger partial charge in [-0.2, -0.15) is 0 Å². The number of nitrogens with one attached hydrogen (secondary N) is 2. The predicted molar refractivity (Wildman–Crippen MR) is 147 cm³/mol. The molecule has 1 aliphatic carbocycles. The Morgan fingerprint density at radius 2 is 1.88 bits per heavy atom. The Hall–Kier alpha value is -2.55. The number of halogens is 1. The molecule has 2 aliphatic rings. The summed E-state index contributed by atoms with van der Waals surface area (Å²) < 4.78 is 8.72. The van der Waals surface area contributed by atoms with Gasteiger partial charge < -0.3 is 19.9 Å². The molecule has 6 nitrogen and oxygen atoms in total. The maximum atomic E-state index is 6.51. The number of guanidine groups is 1. The number of benzene rings is 2. The van der Waals surface area contributed by atoms with E-state index < -0.39 is 0 Å². The highest BCUT2D eigenvalue weighted by Crippen LogP contribution is 2.46. The molecule has 1 atom stereocenters. The van der Waals surface area contributed by atoms with Crippen LogP contribution in [0.15, 0.2) is 72.0 Å². The highest BCUT2D eigenvalue weighted by molar-refractivity contribution is 14.0. The summed E-state index contributed by atoms with van der Waals surface area (Å²) in [6.07, 6.45) is 10.5. The number of rotatable bonds is 6. The van der Waals surface area contributed by atoms with Crippen molar-refractivity contribution in [1.82, 2.24) is 20.2 Å². The zero-order valence-corrected chi connectivity index (χ0v) is 22.1. The highest BCUT2D eigenvalue weighted by atomic mass is 127. The van der Waals surface area contributed by atoms with Crippen molar-refractivity contribution in [3.63, 3.8) is 0 Å². The van der Waals surface area contributed by atoms with Crippen LogP contribution in [0.1, 0.15) is 55.1 Å². The summed E-state index contributed by atoms with van der Waals surface area (Å²) in [5.74, 6) is 2.91. The molecule has 0 bridgehead atoms. The van der Waals surface area contributed by atoms with Crippen molar-refractivity contribution in [3.8, 4) is 5.75 Å². The average molecular weight is 572 g/mol. The van der Waals surface area contributed by atoms with Crippen molar-refractivity contribution in [2.24, 2.45) is 4.99 Å². The SMILES string of the molecule is CN=C(NCCc1nccn1Cc1ccccc1)NC1CC2(CCCC2)Oc2ccccc21.I. The van der Waals surface area contributed by atoms with Gasteiger partial charge in [-0.05, 0) is 37.3 Å². The van der Waals surface area contributed by atoms with Gasteiger partial charge >= 0.3 is 0 Å². The fraction of sp³-hybridized carbons (Fsp3) is 0.407. The van der Waals surface area contributed by atoms with Crippen LogP contribution >= 0.6 is 24.0 Å². The highest BCUT2D eigenvalue weighted by Gasteiger charge is 2.43. The van der Waals surface area contributed by atoms with E-state index in [0.717, 1.165) is 56.3 Å². The minimum Gasteiger partial charge on any atom is -0.487 e. The minimum absolute atomic E-state index is 0. The Morgan fingerprint density at radius 3 is 2.68 bits per heavy atom. The van der Waals surface area contributed by atoms with Crippen LogP contribution in [0.3, 0.4) is 0 Å². The number of ether oxygens (including phenoxy) is 1. The number of aliphatic imine (C=N–C) groups is 1. The molecule has 34 heavy (non-hydrogen) atoms. The van der Waals surface area contributed by atoms with Crippen molar-refractivity contribution in [2.45, 2.75) is 56.7 Å². The van der Waals surface area contributed by atoms with E-state index in [0.29, 0.717) is 0 Å². The van der Waals surface area contributed by atoms with Crippen molar-refractivity contribution < 1.29 is 4.74 Å². The molecule has 1 unspecified atom stereocenters. The van der Waals surface area contributed by atoms with E-state index in [-0.39, 0.29) is 35.6 Å². The van der Waals surface area contributed by atoms with Crippen LogP contribution in [0, 0.1) is 0 Å². The molecule has 3 aromatic rings. The standard InChI is InChI=1S/C27H33N5O.HI/c1-28-26(30-16-13-25-29-17-18-32(25)20-21-9-3-2-4-10-21)31-23-19-27(14-7-8-15-27)33-24-12-6-5-11-22(23)24;/h2-6,9-12,17-18,23H,7-8,13-16,19-20H2,1H3,(H2,28,30,31);1H. The number of hydrogen-bond acceptors (Lipinski definition) is 3. The molecule has 2 aromatic carbocycles. The zero-order valence-electron chi connectivity index (χ0n) is 19.7. The van der Waals surface area contributed by atoms with Crippen molar-refractivity contribution in [1.29, 1.82) is 0 Å². The van der Waals surface area contributed by atoms with Gasteiger partial charge in [0, 0.05) is 50.9 Å². The molecule has 1 spiro atoms. The largest absolute Gasteiger partial charge is 0.487 e. The monoisotopic (exact) mass is 571 g/mol. The summed E-state index contributed by atoms with van der Waals surface area (Å²) in [5.41, 5.74) is 2.46. The average Bonchev–Trinajstić information content (AvgIpc) is 3.48. The molecule has 0 amide bonds. The smallest absolute Gasteiger partial charge is 0.191 e. The molecule has 1 saturated carbocycles. The van der Waals surface area contributed by atoms with E-state index in [9.17, 15) is 0 Å². The van der Waals surface area contributed by atoms with Crippen LogP contribution in [0.5, 0.6) is 5.75 Å². The normalized spacial score (nSPS) is 18.6. The van der Waals surface area contributed by atoms with Crippen LogP contribution in [0.2, 0.25) is 0 Å². The Morgan fingerprint density at radius 1 is 1.12 bits per heavy atom. The lowest BCUT2D eigenvalue weighted by Crippen LogP contribution is -2.47.